The second-order valence-corrected chi connectivity index (χ2v) is 9.57. The van der Waals surface area contributed by atoms with E-state index < -0.39 is 0 Å². The molecule has 154 valence electrons. The highest BCUT2D eigenvalue weighted by Crippen LogP contribution is 2.33. The van der Waals surface area contributed by atoms with E-state index in [2.05, 4.69) is 9.97 Å². The molecule has 0 aliphatic heterocycles. The molecular weight excluding hydrogens is 436 g/mol. The van der Waals surface area contributed by atoms with Crippen molar-refractivity contribution in [3.05, 3.63) is 62.2 Å². The topological polar surface area (TPSA) is 68.1 Å². The summed E-state index contributed by atoms with van der Waals surface area (Å²) in [5, 5.41) is 5.12. The zero-order valence-corrected chi connectivity index (χ0v) is 19.5. The number of hydrogen-bond acceptors (Lipinski definition) is 7. The molecule has 0 fully saturated rings. The number of carbonyl (C=O) groups excluding carboxylic acids is 1. The van der Waals surface area contributed by atoms with Gasteiger partial charge in [-0.3, -0.25) is 19.1 Å². The van der Waals surface area contributed by atoms with Crippen LogP contribution in [0.3, 0.4) is 0 Å². The molecule has 0 saturated heterocycles. The minimum absolute atomic E-state index is 0.0332. The van der Waals surface area contributed by atoms with Gasteiger partial charge in [-0.25, -0.2) is 9.97 Å². The van der Waals surface area contributed by atoms with Gasteiger partial charge in [-0.15, -0.1) is 22.7 Å². The van der Waals surface area contributed by atoms with Crippen molar-refractivity contribution in [2.45, 2.75) is 31.7 Å². The van der Waals surface area contributed by atoms with E-state index in [1.165, 1.54) is 34.4 Å². The van der Waals surface area contributed by atoms with Crippen LogP contribution in [-0.2, 0) is 17.6 Å². The molecule has 1 aromatic carbocycles. The van der Waals surface area contributed by atoms with Crippen LogP contribution in [0.5, 0.6) is 0 Å². The van der Waals surface area contributed by atoms with E-state index in [4.69, 9.17) is 0 Å². The van der Waals surface area contributed by atoms with Crippen LogP contribution in [0, 0.1) is 13.8 Å². The number of thioether (sulfide) groups is 1. The van der Waals surface area contributed by atoms with Crippen LogP contribution >= 0.6 is 34.4 Å². The molecule has 0 unspecified atom stereocenters. The van der Waals surface area contributed by atoms with Crippen LogP contribution in [-0.4, -0.2) is 20.4 Å². The Morgan fingerprint density at radius 3 is 2.77 bits per heavy atom. The fourth-order valence-electron chi connectivity index (χ4n) is 3.09. The summed E-state index contributed by atoms with van der Waals surface area (Å²) in [4.78, 5) is 35.8. The molecule has 0 bridgehead atoms. The number of fused-ring (bicyclic) bond motifs is 1. The summed E-state index contributed by atoms with van der Waals surface area (Å²) < 4.78 is 2.25. The van der Waals surface area contributed by atoms with Gasteiger partial charge < -0.3 is 0 Å². The largest absolute Gasteiger partial charge is 0.290 e. The van der Waals surface area contributed by atoms with Gasteiger partial charge in [0.1, 0.15) is 4.70 Å². The van der Waals surface area contributed by atoms with E-state index in [1.807, 2.05) is 48.9 Å². The number of thiophene rings is 1. The van der Waals surface area contributed by atoms with E-state index in [0.717, 1.165) is 28.0 Å². The number of amides is 1. The van der Waals surface area contributed by atoms with Crippen molar-refractivity contribution >= 4 is 61.4 Å². The van der Waals surface area contributed by atoms with Crippen molar-refractivity contribution in [3.8, 4) is 0 Å². The molecule has 0 aliphatic rings. The number of nitrogens with zero attached hydrogens (tertiary/aromatic N) is 4. The summed E-state index contributed by atoms with van der Waals surface area (Å²) in [5.74, 6) is 0.481. The Morgan fingerprint density at radius 2 is 2.00 bits per heavy atom. The lowest BCUT2D eigenvalue weighted by molar-refractivity contribution is -0.115. The van der Waals surface area contributed by atoms with Crippen molar-refractivity contribution in [2.75, 3.05) is 4.90 Å². The van der Waals surface area contributed by atoms with Gasteiger partial charge in [0.05, 0.1) is 16.9 Å². The number of thiazole rings is 1. The fraction of sp³-hybridized carbons (Fsp3) is 0.238. The number of rotatable bonds is 5. The van der Waals surface area contributed by atoms with Crippen LogP contribution in [0.4, 0.5) is 10.8 Å². The molecule has 3 aromatic heterocycles. The Kier molecular flexibility index (Phi) is 5.77. The van der Waals surface area contributed by atoms with Crippen molar-refractivity contribution in [1.82, 2.24) is 14.5 Å². The summed E-state index contributed by atoms with van der Waals surface area (Å²) in [6.07, 6.45) is 0. The van der Waals surface area contributed by atoms with Gasteiger partial charge in [-0.2, -0.15) is 0 Å². The van der Waals surface area contributed by atoms with Gasteiger partial charge in [0.15, 0.2) is 10.3 Å². The maximum absolute atomic E-state index is 12.5. The molecule has 0 N–H and O–H groups in total. The van der Waals surface area contributed by atoms with E-state index in [1.54, 1.807) is 23.4 Å². The summed E-state index contributed by atoms with van der Waals surface area (Å²) >= 11 is 4.31. The summed E-state index contributed by atoms with van der Waals surface area (Å²) in [7, 11) is 1.74. The number of benzene rings is 1. The van der Waals surface area contributed by atoms with Crippen LogP contribution in [0.2, 0.25) is 0 Å². The molecule has 3 heterocycles. The minimum atomic E-state index is -0.0794. The standard InChI is InChI=1S/C21H20N4O2S3/c1-12-6-5-7-17(13(12)2)25(14(3)26)21-22-15(11-30-21)10-29-20-23-16-8-9-28-18(16)19(27)24(20)4/h5-9,11H,10H2,1-4H3. The first kappa shape index (κ1) is 20.8. The molecule has 0 saturated carbocycles. The van der Waals surface area contributed by atoms with Gasteiger partial charge >= 0.3 is 0 Å². The third-order valence-corrected chi connectivity index (χ3v) is 7.69. The normalized spacial score (nSPS) is 11.2. The Morgan fingerprint density at radius 1 is 1.20 bits per heavy atom. The van der Waals surface area contributed by atoms with E-state index in [9.17, 15) is 9.59 Å². The molecule has 30 heavy (non-hydrogen) atoms. The Balaban J connectivity index is 1.59. The second-order valence-electron chi connectivity index (χ2n) is 6.88. The van der Waals surface area contributed by atoms with E-state index in [-0.39, 0.29) is 11.5 Å². The molecule has 0 atom stereocenters. The SMILES string of the molecule is CC(=O)N(c1nc(CSc2nc3ccsc3c(=O)n2C)cs1)c1cccc(C)c1C. The Labute approximate surface area is 186 Å². The number of hydrogen-bond donors (Lipinski definition) is 0. The van der Waals surface area contributed by atoms with Crippen molar-refractivity contribution in [3.63, 3.8) is 0 Å². The highest BCUT2D eigenvalue weighted by molar-refractivity contribution is 7.98. The highest BCUT2D eigenvalue weighted by atomic mass is 32.2. The average molecular weight is 457 g/mol. The molecule has 9 heteroatoms. The first-order valence-corrected chi connectivity index (χ1v) is 12.0. The maximum atomic E-state index is 12.5. The second kappa shape index (κ2) is 8.33. The zero-order valence-electron chi connectivity index (χ0n) is 17.0. The number of anilines is 2. The van der Waals surface area contributed by atoms with Crippen LogP contribution < -0.4 is 10.5 Å². The molecule has 1 amide bonds. The molecule has 0 radical (unpaired) electrons. The van der Waals surface area contributed by atoms with Crippen molar-refractivity contribution in [2.24, 2.45) is 7.05 Å². The molecule has 6 nitrogen and oxygen atoms in total. The molecule has 4 aromatic rings. The first-order valence-electron chi connectivity index (χ1n) is 9.25. The van der Waals surface area contributed by atoms with Gasteiger partial charge in [0.25, 0.3) is 5.56 Å². The molecule has 0 aliphatic carbocycles. The summed E-state index contributed by atoms with van der Waals surface area (Å²) in [6.45, 7) is 5.59. The predicted octanol–water partition coefficient (Wildman–Crippen LogP) is 5.05. The first-order chi connectivity index (χ1) is 14.4. The molecular formula is C21H20N4O2S3. The van der Waals surface area contributed by atoms with Gasteiger partial charge in [-0.05, 0) is 42.5 Å². The zero-order chi connectivity index (χ0) is 21.4. The molecule has 0 spiro atoms. The lowest BCUT2D eigenvalue weighted by Crippen LogP contribution is -2.23. The van der Waals surface area contributed by atoms with Gasteiger partial charge in [0.2, 0.25) is 5.91 Å². The number of aromatic nitrogens is 3. The average Bonchev–Trinajstić information content (AvgIpc) is 3.36. The quantitative estimate of drug-likeness (QED) is 0.311. The lowest BCUT2D eigenvalue weighted by Gasteiger charge is -2.21. The van der Waals surface area contributed by atoms with Crippen LogP contribution in [0.1, 0.15) is 23.7 Å². The Hall–Kier alpha value is -2.49. The fourth-order valence-corrected chi connectivity index (χ4v) is 5.74. The van der Waals surface area contributed by atoms with Crippen LogP contribution in [0.25, 0.3) is 10.2 Å². The maximum Gasteiger partial charge on any atom is 0.271 e. The minimum Gasteiger partial charge on any atom is -0.290 e. The van der Waals surface area contributed by atoms with Crippen LogP contribution in [0.15, 0.2) is 45.0 Å². The third kappa shape index (κ3) is 3.80. The number of aryl methyl sites for hydroxylation is 1. The Bertz CT molecular complexity index is 1310. The van der Waals surface area contributed by atoms with E-state index >= 15 is 0 Å². The third-order valence-electron chi connectivity index (χ3n) is 4.86. The molecule has 4 rings (SSSR count). The smallest absolute Gasteiger partial charge is 0.271 e. The number of carbonyl (C=O) groups is 1. The summed E-state index contributed by atoms with van der Waals surface area (Å²) in [6, 6.07) is 7.78. The predicted molar refractivity (Wildman–Crippen MR) is 125 cm³/mol. The van der Waals surface area contributed by atoms with Gasteiger partial charge in [-0.1, -0.05) is 23.9 Å². The van der Waals surface area contributed by atoms with Crippen molar-refractivity contribution < 1.29 is 4.79 Å². The lowest BCUT2D eigenvalue weighted by atomic mass is 10.1. The van der Waals surface area contributed by atoms with Crippen molar-refractivity contribution in [1.29, 1.82) is 0 Å². The summed E-state index contributed by atoms with van der Waals surface area (Å²) in [5.41, 5.74) is 4.57. The van der Waals surface area contributed by atoms with Gasteiger partial charge in [0, 0.05) is 25.1 Å². The highest BCUT2D eigenvalue weighted by Gasteiger charge is 2.20. The van der Waals surface area contributed by atoms with E-state index in [0.29, 0.717) is 20.7 Å². The monoisotopic (exact) mass is 456 g/mol.